The van der Waals surface area contributed by atoms with E-state index in [9.17, 15) is 4.79 Å². The normalized spacial score (nSPS) is 16.9. The molecule has 1 heterocycles. The molecule has 1 aliphatic heterocycles. The highest BCUT2D eigenvalue weighted by molar-refractivity contribution is 6.31. The molecule has 1 aromatic rings. The molecule has 1 saturated heterocycles. The van der Waals surface area contributed by atoms with Crippen LogP contribution >= 0.6 is 23.2 Å². The second kappa shape index (κ2) is 5.94. The Bertz CT molecular complexity index is 439. The number of alkyl halides is 1. The molecule has 1 aromatic carbocycles. The summed E-state index contributed by atoms with van der Waals surface area (Å²) in [4.78, 5) is 13.4. The van der Waals surface area contributed by atoms with Gasteiger partial charge in [0.1, 0.15) is 5.88 Å². The van der Waals surface area contributed by atoms with E-state index in [2.05, 4.69) is 13.0 Å². The lowest BCUT2D eigenvalue weighted by Crippen LogP contribution is -2.38. The maximum atomic E-state index is 11.5. The van der Waals surface area contributed by atoms with E-state index in [0.29, 0.717) is 5.92 Å². The van der Waals surface area contributed by atoms with Crippen molar-refractivity contribution >= 4 is 29.1 Å². The Morgan fingerprint density at radius 3 is 2.67 bits per heavy atom. The van der Waals surface area contributed by atoms with Gasteiger partial charge >= 0.3 is 0 Å². The van der Waals surface area contributed by atoms with Crippen LogP contribution in [0.25, 0.3) is 0 Å². The van der Waals surface area contributed by atoms with E-state index < -0.39 is 0 Å². The molecule has 0 atom stereocenters. The van der Waals surface area contributed by atoms with E-state index in [1.54, 1.807) is 0 Å². The van der Waals surface area contributed by atoms with Crippen molar-refractivity contribution in [2.45, 2.75) is 25.7 Å². The zero-order valence-electron chi connectivity index (χ0n) is 10.5. The van der Waals surface area contributed by atoms with Gasteiger partial charge in [0.25, 0.3) is 0 Å². The molecule has 0 aliphatic carbocycles. The average molecular weight is 286 g/mol. The summed E-state index contributed by atoms with van der Waals surface area (Å²) >= 11 is 11.7. The second-order valence-electron chi connectivity index (χ2n) is 4.74. The third-order valence-corrected chi connectivity index (χ3v) is 4.35. The standard InChI is InChI=1S/C14H17Cl2NO/c1-10-12(3-2-4-13(10)16)11-5-7-17(8-6-11)14(18)9-15/h2-4,11H,5-9H2,1H3. The monoisotopic (exact) mass is 285 g/mol. The summed E-state index contributed by atoms with van der Waals surface area (Å²) in [5.74, 6) is 0.627. The SMILES string of the molecule is Cc1c(Cl)cccc1C1CCN(C(=O)CCl)CC1. The molecular formula is C14H17Cl2NO. The van der Waals surface area contributed by atoms with Gasteiger partial charge < -0.3 is 4.90 Å². The number of likely N-dealkylation sites (tertiary alicyclic amines) is 1. The van der Waals surface area contributed by atoms with Crippen LogP contribution < -0.4 is 0 Å². The minimum Gasteiger partial charge on any atom is -0.342 e. The molecule has 0 saturated carbocycles. The van der Waals surface area contributed by atoms with E-state index in [-0.39, 0.29) is 11.8 Å². The number of piperidine rings is 1. The Morgan fingerprint density at radius 2 is 2.06 bits per heavy atom. The highest BCUT2D eigenvalue weighted by Gasteiger charge is 2.24. The first-order chi connectivity index (χ1) is 8.63. The lowest BCUT2D eigenvalue weighted by Gasteiger charge is -2.32. The first-order valence-electron chi connectivity index (χ1n) is 6.22. The van der Waals surface area contributed by atoms with Crippen LogP contribution in [-0.2, 0) is 4.79 Å². The van der Waals surface area contributed by atoms with Gasteiger partial charge in [0.05, 0.1) is 0 Å². The smallest absolute Gasteiger partial charge is 0.237 e. The van der Waals surface area contributed by atoms with Crippen LogP contribution in [0.1, 0.15) is 29.9 Å². The van der Waals surface area contributed by atoms with Gasteiger partial charge in [0.2, 0.25) is 5.91 Å². The lowest BCUT2D eigenvalue weighted by molar-refractivity contribution is -0.129. The average Bonchev–Trinajstić information content (AvgIpc) is 2.41. The van der Waals surface area contributed by atoms with Crippen LogP contribution in [0.3, 0.4) is 0 Å². The fourth-order valence-electron chi connectivity index (χ4n) is 2.59. The molecule has 98 valence electrons. The van der Waals surface area contributed by atoms with Crippen molar-refractivity contribution in [1.82, 2.24) is 4.90 Å². The molecule has 0 N–H and O–H groups in total. The molecule has 0 aromatic heterocycles. The highest BCUT2D eigenvalue weighted by Crippen LogP contribution is 2.32. The van der Waals surface area contributed by atoms with Crippen molar-refractivity contribution in [3.63, 3.8) is 0 Å². The summed E-state index contributed by atoms with van der Waals surface area (Å²) in [6.07, 6.45) is 1.98. The van der Waals surface area contributed by atoms with Gasteiger partial charge in [-0.1, -0.05) is 23.7 Å². The van der Waals surface area contributed by atoms with Crippen LogP contribution in [0.4, 0.5) is 0 Å². The van der Waals surface area contributed by atoms with Crippen LogP contribution in [0.2, 0.25) is 5.02 Å². The molecule has 2 rings (SSSR count). The summed E-state index contributed by atoms with van der Waals surface area (Å²) in [6, 6.07) is 6.07. The van der Waals surface area contributed by atoms with Crippen LogP contribution in [-0.4, -0.2) is 29.8 Å². The van der Waals surface area contributed by atoms with Crippen molar-refractivity contribution in [3.05, 3.63) is 34.3 Å². The van der Waals surface area contributed by atoms with Gasteiger partial charge in [-0.15, -0.1) is 11.6 Å². The number of hydrogen-bond donors (Lipinski definition) is 0. The Kier molecular flexibility index (Phi) is 4.52. The number of carbonyl (C=O) groups excluding carboxylic acids is 1. The number of hydrogen-bond acceptors (Lipinski definition) is 1. The first kappa shape index (κ1) is 13.7. The Hall–Kier alpha value is -0.730. The zero-order chi connectivity index (χ0) is 13.1. The summed E-state index contributed by atoms with van der Waals surface area (Å²) in [6.45, 7) is 3.65. The van der Waals surface area contributed by atoms with E-state index in [0.717, 1.165) is 31.0 Å². The Morgan fingerprint density at radius 1 is 1.39 bits per heavy atom. The summed E-state index contributed by atoms with van der Waals surface area (Å²) in [5, 5.41) is 0.826. The second-order valence-corrected chi connectivity index (χ2v) is 5.42. The largest absolute Gasteiger partial charge is 0.342 e. The maximum absolute atomic E-state index is 11.5. The molecule has 1 aliphatic rings. The molecule has 0 spiro atoms. The molecule has 1 fully saturated rings. The third kappa shape index (κ3) is 2.81. The lowest BCUT2D eigenvalue weighted by atomic mass is 9.87. The highest BCUT2D eigenvalue weighted by atomic mass is 35.5. The topological polar surface area (TPSA) is 20.3 Å². The van der Waals surface area contributed by atoms with E-state index in [4.69, 9.17) is 23.2 Å². The van der Waals surface area contributed by atoms with Crippen molar-refractivity contribution in [2.75, 3.05) is 19.0 Å². The van der Waals surface area contributed by atoms with Crippen molar-refractivity contribution in [2.24, 2.45) is 0 Å². The fraction of sp³-hybridized carbons (Fsp3) is 0.500. The van der Waals surface area contributed by atoms with Crippen LogP contribution in [0, 0.1) is 6.92 Å². The van der Waals surface area contributed by atoms with Crippen molar-refractivity contribution < 1.29 is 4.79 Å². The number of nitrogens with zero attached hydrogens (tertiary/aromatic N) is 1. The molecule has 0 radical (unpaired) electrons. The van der Waals surface area contributed by atoms with Gasteiger partial charge in [-0.2, -0.15) is 0 Å². The molecule has 4 heteroatoms. The predicted molar refractivity (Wildman–Crippen MR) is 75.5 cm³/mol. The number of benzene rings is 1. The van der Waals surface area contributed by atoms with E-state index in [1.807, 2.05) is 17.0 Å². The van der Waals surface area contributed by atoms with Crippen LogP contribution in [0.5, 0.6) is 0 Å². The van der Waals surface area contributed by atoms with Gasteiger partial charge in [-0.3, -0.25) is 4.79 Å². The molecule has 18 heavy (non-hydrogen) atoms. The first-order valence-corrected chi connectivity index (χ1v) is 7.13. The Labute approximate surface area is 118 Å². The summed E-state index contributed by atoms with van der Waals surface area (Å²) in [5.41, 5.74) is 2.49. The van der Waals surface area contributed by atoms with Gasteiger partial charge in [-0.25, -0.2) is 0 Å². The molecule has 2 nitrogen and oxygen atoms in total. The van der Waals surface area contributed by atoms with Crippen molar-refractivity contribution in [3.8, 4) is 0 Å². The van der Waals surface area contributed by atoms with E-state index >= 15 is 0 Å². The van der Waals surface area contributed by atoms with E-state index in [1.165, 1.54) is 11.1 Å². The summed E-state index contributed by atoms with van der Waals surface area (Å²) in [7, 11) is 0. The fourth-order valence-corrected chi connectivity index (χ4v) is 2.94. The quantitative estimate of drug-likeness (QED) is 0.761. The maximum Gasteiger partial charge on any atom is 0.237 e. The number of rotatable bonds is 2. The number of halogens is 2. The predicted octanol–water partition coefficient (Wildman–Crippen LogP) is 3.59. The zero-order valence-corrected chi connectivity index (χ0v) is 12.0. The molecule has 0 bridgehead atoms. The minimum absolute atomic E-state index is 0.0398. The third-order valence-electron chi connectivity index (χ3n) is 3.71. The minimum atomic E-state index is 0.0398. The van der Waals surface area contributed by atoms with Gasteiger partial charge in [-0.05, 0) is 42.9 Å². The molecule has 1 amide bonds. The summed E-state index contributed by atoms with van der Waals surface area (Å²) < 4.78 is 0. The molecule has 0 unspecified atom stereocenters. The number of carbonyl (C=O) groups is 1. The Balaban J connectivity index is 2.06. The van der Waals surface area contributed by atoms with Gasteiger partial charge in [0, 0.05) is 18.1 Å². The van der Waals surface area contributed by atoms with Gasteiger partial charge in [0.15, 0.2) is 0 Å². The van der Waals surface area contributed by atoms with Crippen LogP contribution in [0.15, 0.2) is 18.2 Å². The molecular weight excluding hydrogens is 269 g/mol. The number of amides is 1. The van der Waals surface area contributed by atoms with Crippen molar-refractivity contribution in [1.29, 1.82) is 0 Å².